The molecule has 110 valence electrons. The molecule has 2 heterocycles. The number of hydrogen-bond acceptors (Lipinski definition) is 6. The van der Waals surface area contributed by atoms with E-state index in [9.17, 15) is 0 Å². The fraction of sp³-hybridized carbons (Fsp3) is 0.857. The van der Waals surface area contributed by atoms with E-state index in [4.69, 9.17) is 29.5 Å². The van der Waals surface area contributed by atoms with Gasteiger partial charge in [-0.3, -0.25) is 0 Å². The smallest absolute Gasteiger partial charge is 0.115 e. The highest BCUT2D eigenvalue weighted by atomic mass is 16.6. The maximum atomic E-state index is 8.65. The molecule has 0 spiro atoms. The molecule has 0 aromatic rings. The lowest BCUT2D eigenvalue weighted by molar-refractivity contribution is -0.0793. The molecular formula is C14H20N2O4. The van der Waals surface area contributed by atoms with Crippen LogP contribution in [0.1, 0.15) is 26.7 Å². The minimum absolute atomic E-state index is 0.131. The Balaban J connectivity index is 1.85. The summed E-state index contributed by atoms with van der Waals surface area (Å²) in [5.41, 5.74) is 0. The highest BCUT2D eigenvalue weighted by Gasteiger charge is 2.49. The van der Waals surface area contributed by atoms with E-state index in [2.05, 4.69) is 12.1 Å². The summed E-state index contributed by atoms with van der Waals surface area (Å²) in [6.45, 7) is 4.65. The Labute approximate surface area is 119 Å². The largest absolute Gasteiger partial charge is 0.370 e. The zero-order chi connectivity index (χ0) is 14.5. The molecule has 0 bridgehead atoms. The predicted octanol–water partition coefficient (Wildman–Crippen LogP) is 1.16. The van der Waals surface area contributed by atoms with Crippen molar-refractivity contribution >= 4 is 0 Å². The van der Waals surface area contributed by atoms with Gasteiger partial charge in [0.2, 0.25) is 0 Å². The second-order valence-corrected chi connectivity index (χ2v) is 5.29. The average Bonchev–Trinajstić information content (AvgIpc) is 2.95. The molecule has 0 saturated carbocycles. The number of rotatable bonds is 6. The highest BCUT2D eigenvalue weighted by molar-refractivity contribution is 4.97. The fourth-order valence-corrected chi connectivity index (χ4v) is 2.61. The quantitative estimate of drug-likeness (QED) is 0.726. The van der Waals surface area contributed by atoms with E-state index in [1.807, 2.05) is 13.8 Å². The van der Waals surface area contributed by atoms with E-state index in [0.717, 1.165) is 0 Å². The van der Waals surface area contributed by atoms with E-state index in [-0.39, 0.29) is 36.6 Å². The standard InChI is InChI=1S/C14H20N2O4/c1-9(3-5-15)19-11-7-17-14-12(8-18-13(11)14)20-10(2)4-6-16/h9-14H,3-4,7-8H2,1-2H3/t9?,10?,11-,12-,13?,14?/m1/s1. The molecule has 6 atom stereocenters. The molecule has 2 aliphatic heterocycles. The van der Waals surface area contributed by atoms with Crippen molar-refractivity contribution in [2.24, 2.45) is 0 Å². The maximum absolute atomic E-state index is 8.65. The molecule has 0 aliphatic carbocycles. The molecule has 4 unspecified atom stereocenters. The summed E-state index contributed by atoms with van der Waals surface area (Å²) in [4.78, 5) is 0. The van der Waals surface area contributed by atoms with Gasteiger partial charge >= 0.3 is 0 Å². The van der Waals surface area contributed by atoms with Crippen LogP contribution >= 0.6 is 0 Å². The number of nitriles is 2. The van der Waals surface area contributed by atoms with Crippen molar-refractivity contribution in [2.45, 2.75) is 63.3 Å². The van der Waals surface area contributed by atoms with E-state index in [1.54, 1.807) is 0 Å². The molecule has 6 nitrogen and oxygen atoms in total. The maximum Gasteiger partial charge on any atom is 0.115 e. The van der Waals surface area contributed by atoms with Crippen LogP contribution in [0.5, 0.6) is 0 Å². The number of nitrogens with zero attached hydrogens (tertiary/aromatic N) is 2. The molecule has 2 fully saturated rings. The summed E-state index contributed by atoms with van der Waals surface area (Å²) in [6.07, 6.45) is -0.140. The van der Waals surface area contributed by atoms with Crippen LogP contribution in [0.4, 0.5) is 0 Å². The molecule has 2 saturated heterocycles. The van der Waals surface area contributed by atoms with Crippen LogP contribution in [-0.2, 0) is 18.9 Å². The van der Waals surface area contributed by atoms with Gasteiger partial charge in [-0.1, -0.05) is 0 Å². The van der Waals surface area contributed by atoms with Crippen molar-refractivity contribution in [3.05, 3.63) is 0 Å². The zero-order valence-corrected chi connectivity index (χ0v) is 11.8. The monoisotopic (exact) mass is 280 g/mol. The predicted molar refractivity (Wildman–Crippen MR) is 68.6 cm³/mol. The van der Waals surface area contributed by atoms with Gasteiger partial charge in [0.1, 0.15) is 24.4 Å². The lowest BCUT2D eigenvalue weighted by Gasteiger charge is -2.20. The van der Waals surface area contributed by atoms with Crippen molar-refractivity contribution < 1.29 is 18.9 Å². The van der Waals surface area contributed by atoms with E-state index in [0.29, 0.717) is 26.1 Å². The first-order valence-corrected chi connectivity index (χ1v) is 6.93. The highest BCUT2D eigenvalue weighted by Crippen LogP contribution is 2.32. The van der Waals surface area contributed by atoms with E-state index < -0.39 is 0 Å². The molecule has 2 rings (SSSR count). The minimum Gasteiger partial charge on any atom is -0.370 e. The molecular weight excluding hydrogens is 260 g/mol. The Morgan fingerprint density at radius 3 is 1.70 bits per heavy atom. The molecule has 0 aromatic carbocycles. The number of hydrogen-bond donors (Lipinski definition) is 0. The third kappa shape index (κ3) is 3.47. The van der Waals surface area contributed by atoms with Crippen molar-refractivity contribution in [1.82, 2.24) is 0 Å². The van der Waals surface area contributed by atoms with Crippen molar-refractivity contribution in [1.29, 1.82) is 10.5 Å². The van der Waals surface area contributed by atoms with Gasteiger partial charge in [-0.15, -0.1) is 0 Å². The Bertz CT molecular complexity index is 365. The molecule has 0 amide bonds. The van der Waals surface area contributed by atoms with Crippen molar-refractivity contribution in [3.8, 4) is 12.1 Å². The fourth-order valence-electron chi connectivity index (χ4n) is 2.61. The van der Waals surface area contributed by atoms with Crippen LogP contribution in [0.25, 0.3) is 0 Å². The van der Waals surface area contributed by atoms with Gasteiger partial charge in [0.25, 0.3) is 0 Å². The summed E-state index contributed by atoms with van der Waals surface area (Å²) < 4.78 is 23.0. The zero-order valence-electron chi connectivity index (χ0n) is 11.8. The Morgan fingerprint density at radius 1 is 0.950 bits per heavy atom. The van der Waals surface area contributed by atoms with Gasteiger partial charge in [0.15, 0.2) is 0 Å². The Morgan fingerprint density at radius 2 is 1.35 bits per heavy atom. The summed E-state index contributed by atoms with van der Waals surface area (Å²) >= 11 is 0. The van der Waals surface area contributed by atoms with Crippen molar-refractivity contribution in [2.75, 3.05) is 13.2 Å². The second kappa shape index (κ2) is 7.01. The first-order valence-electron chi connectivity index (χ1n) is 6.93. The van der Waals surface area contributed by atoms with Gasteiger partial charge in [-0.25, -0.2) is 0 Å². The summed E-state index contributed by atoms with van der Waals surface area (Å²) in [7, 11) is 0. The van der Waals surface area contributed by atoms with E-state index in [1.165, 1.54) is 0 Å². The number of ether oxygens (including phenoxy) is 4. The minimum atomic E-state index is -0.150. The van der Waals surface area contributed by atoms with Crippen LogP contribution in [0, 0.1) is 22.7 Å². The molecule has 0 radical (unpaired) electrons. The number of fused-ring (bicyclic) bond motifs is 1. The van der Waals surface area contributed by atoms with Crippen LogP contribution in [0.15, 0.2) is 0 Å². The Hall–Kier alpha value is -1.18. The third-order valence-electron chi connectivity index (χ3n) is 3.53. The first-order chi connectivity index (χ1) is 9.65. The lowest BCUT2D eigenvalue weighted by Crippen LogP contribution is -2.36. The molecule has 6 heteroatoms. The van der Waals surface area contributed by atoms with Crippen molar-refractivity contribution in [3.63, 3.8) is 0 Å². The summed E-state index contributed by atoms with van der Waals surface area (Å²) in [5.74, 6) is 0. The molecule has 2 aliphatic rings. The van der Waals surface area contributed by atoms with Gasteiger partial charge in [0.05, 0.1) is 50.4 Å². The van der Waals surface area contributed by atoms with Gasteiger partial charge < -0.3 is 18.9 Å². The van der Waals surface area contributed by atoms with Crippen LogP contribution in [0.3, 0.4) is 0 Å². The molecule has 0 N–H and O–H groups in total. The topological polar surface area (TPSA) is 84.5 Å². The normalized spacial score (nSPS) is 35.0. The van der Waals surface area contributed by atoms with Gasteiger partial charge in [0, 0.05) is 0 Å². The summed E-state index contributed by atoms with van der Waals surface area (Å²) in [6, 6.07) is 4.18. The summed E-state index contributed by atoms with van der Waals surface area (Å²) in [5, 5.41) is 17.3. The van der Waals surface area contributed by atoms with E-state index >= 15 is 0 Å². The van der Waals surface area contributed by atoms with Crippen LogP contribution in [-0.4, -0.2) is 49.8 Å². The van der Waals surface area contributed by atoms with Gasteiger partial charge in [-0.2, -0.15) is 10.5 Å². The molecule has 0 aromatic heterocycles. The van der Waals surface area contributed by atoms with Gasteiger partial charge in [-0.05, 0) is 13.8 Å². The first kappa shape index (κ1) is 15.2. The lowest BCUT2D eigenvalue weighted by atomic mass is 10.1. The average molecular weight is 280 g/mol. The van der Waals surface area contributed by atoms with Crippen LogP contribution in [0.2, 0.25) is 0 Å². The molecule has 20 heavy (non-hydrogen) atoms. The Kier molecular flexibility index (Phi) is 5.33. The second-order valence-electron chi connectivity index (χ2n) is 5.29. The SMILES string of the molecule is CC(CC#N)O[C@@H]1COC2C1OC[C@H]2OC(C)CC#N. The third-order valence-corrected chi connectivity index (χ3v) is 3.53. The van der Waals surface area contributed by atoms with Crippen LogP contribution < -0.4 is 0 Å².